The topological polar surface area (TPSA) is 144 Å². The van der Waals surface area contributed by atoms with E-state index in [4.69, 9.17) is 0 Å². The molecule has 3 fully saturated rings. The van der Waals surface area contributed by atoms with Crippen molar-refractivity contribution in [1.29, 1.82) is 5.26 Å². The first-order chi connectivity index (χ1) is 16.6. The summed E-state index contributed by atoms with van der Waals surface area (Å²) >= 11 is 0. The Bertz CT molecular complexity index is 1340. The van der Waals surface area contributed by atoms with Crippen molar-refractivity contribution in [2.75, 3.05) is 31.5 Å². The van der Waals surface area contributed by atoms with Crippen LogP contribution in [0.15, 0.2) is 17.1 Å². The van der Waals surface area contributed by atoms with Crippen LogP contribution in [0.25, 0.3) is 11.0 Å². The molecule has 2 atom stereocenters. The van der Waals surface area contributed by atoms with Crippen LogP contribution >= 0.6 is 0 Å². The number of aliphatic hydroxyl groups is 1. The van der Waals surface area contributed by atoms with Crippen LogP contribution in [-0.2, 0) is 10.2 Å². The van der Waals surface area contributed by atoms with Crippen LogP contribution in [0.2, 0.25) is 0 Å². The molecule has 0 spiro atoms. The van der Waals surface area contributed by atoms with Gasteiger partial charge in [0.25, 0.3) is 15.8 Å². The summed E-state index contributed by atoms with van der Waals surface area (Å²) in [4.78, 5) is 22.1. The Labute approximate surface area is 204 Å². The molecular weight excluding hydrogens is 470 g/mol. The predicted molar refractivity (Wildman–Crippen MR) is 130 cm³/mol. The summed E-state index contributed by atoms with van der Waals surface area (Å²) in [6.45, 7) is 5.74. The summed E-state index contributed by atoms with van der Waals surface area (Å²) < 4.78 is 30.0. The lowest BCUT2D eigenvalue weighted by atomic mass is 9.99. The molecule has 2 aromatic rings. The second kappa shape index (κ2) is 8.81. The number of nitriles is 1. The minimum absolute atomic E-state index is 0.00492. The highest BCUT2D eigenvalue weighted by atomic mass is 32.2. The van der Waals surface area contributed by atoms with Crippen molar-refractivity contribution in [2.24, 2.45) is 5.92 Å². The molecule has 0 unspecified atom stereocenters. The van der Waals surface area contributed by atoms with E-state index in [9.17, 15) is 23.6 Å². The number of aromatic nitrogens is 3. The molecular formula is C23H31N7O4S. The van der Waals surface area contributed by atoms with Crippen LogP contribution in [0.3, 0.4) is 0 Å². The maximum Gasteiger partial charge on any atom is 0.281 e. The van der Waals surface area contributed by atoms with Gasteiger partial charge in [-0.2, -0.15) is 27.3 Å². The fourth-order valence-corrected chi connectivity index (χ4v) is 7.39. The average molecular weight is 502 g/mol. The van der Waals surface area contributed by atoms with Gasteiger partial charge < -0.3 is 10.4 Å². The van der Waals surface area contributed by atoms with E-state index in [2.05, 4.69) is 15.3 Å². The van der Waals surface area contributed by atoms with Gasteiger partial charge >= 0.3 is 0 Å². The molecule has 1 aliphatic carbocycles. The molecule has 2 aromatic heterocycles. The molecule has 188 valence electrons. The SMILES string of the molecule is CC1CN(S(=O)(=O)N2CCC(Nc3ncc4cc(C#N)c(=O)n([C@@H]5CCC[C@@]5(C)O)c4n3)CC2)C1. The molecule has 2 aliphatic heterocycles. The maximum absolute atomic E-state index is 13.1. The molecule has 2 N–H and O–H groups in total. The molecule has 0 bridgehead atoms. The third kappa shape index (κ3) is 4.31. The Kier molecular flexibility index (Phi) is 6.07. The molecule has 0 amide bonds. The van der Waals surface area contributed by atoms with Gasteiger partial charge in [0.05, 0.1) is 11.6 Å². The van der Waals surface area contributed by atoms with Crippen LogP contribution in [0.5, 0.6) is 0 Å². The Morgan fingerprint density at radius 1 is 1.23 bits per heavy atom. The smallest absolute Gasteiger partial charge is 0.281 e. The molecule has 0 aromatic carbocycles. The fourth-order valence-electron chi connectivity index (χ4n) is 5.50. The van der Waals surface area contributed by atoms with Crippen LogP contribution in [0.4, 0.5) is 5.95 Å². The molecule has 4 heterocycles. The Morgan fingerprint density at radius 3 is 2.54 bits per heavy atom. The number of hydrogen-bond acceptors (Lipinski definition) is 8. The van der Waals surface area contributed by atoms with Gasteiger partial charge in [0.1, 0.15) is 17.3 Å². The van der Waals surface area contributed by atoms with E-state index < -0.39 is 27.4 Å². The summed E-state index contributed by atoms with van der Waals surface area (Å²) in [6.07, 6.45) is 4.76. The molecule has 35 heavy (non-hydrogen) atoms. The van der Waals surface area contributed by atoms with Crippen LogP contribution in [0, 0.1) is 17.2 Å². The van der Waals surface area contributed by atoms with Crippen molar-refractivity contribution < 1.29 is 13.5 Å². The largest absolute Gasteiger partial charge is 0.388 e. The lowest BCUT2D eigenvalue weighted by Gasteiger charge is -2.41. The highest BCUT2D eigenvalue weighted by Crippen LogP contribution is 2.39. The van der Waals surface area contributed by atoms with Crippen LogP contribution in [-0.4, -0.2) is 74.5 Å². The number of nitrogens with zero attached hydrogens (tertiary/aromatic N) is 6. The Hall–Kier alpha value is -2.59. The fraction of sp³-hybridized carbons (Fsp3) is 0.652. The quantitative estimate of drug-likeness (QED) is 0.622. The number of hydrogen-bond donors (Lipinski definition) is 2. The highest BCUT2D eigenvalue weighted by Gasteiger charge is 2.40. The number of pyridine rings is 1. The van der Waals surface area contributed by atoms with Crippen molar-refractivity contribution in [3.63, 3.8) is 0 Å². The molecule has 5 rings (SSSR count). The first kappa shape index (κ1) is 24.1. The van der Waals surface area contributed by atoms with E-state index in [0.717, 1.165) is 6.42 Å². The first-order valence-electron chi connectivity index (χ1n) is 12.2. The number of anilines is 1. The first-order valence-corrected chi connectivity index (χ1v) is 13.6. The van der Waals surface area contributed by atoms with E-state index in [0.29, 0.717) is 74.8 Å². The van der Waals surface area contributed by atoms with Crippen molar-refractivity contribution in [3.05, 3.63) is 28.2 Å². The van der Waals surface area contributed by atoms with E-state index >= 15 is 0 Å². The minimum atomic E-state index is -3.40. The lowest BCUT2D eigenvalue weighted by Crippen LogP contribution is -2.56. The van der Waals surface area contributed by atoms with Crippen LogP contribution < -0.4 is 10.9 Å². The zero-order valence-electron chi connectivity index (χ0n) is 20.0. The highest BCUT2D eigenvalue weighted by molar-refractivity contribution is 7.86. The van der Waals surface area contributed by atoms with E-state index in [-0.39, 0.29) is 11.6 Å². The van der Waals surface area contributed by atoms with Gasteiger partial charge in [0.2, 0.25) is 5.95 Å². The van der Waals surface area contributed by atoms with Gasteiger partial charge in [-0.3, -0.25) is 9.36 Å². The van der Waals surface area contributed by atoms with Gasteiger partial charge in [-0.1, -0.05) is 6.92 Å². The second-order valence-corrected chi connectivity index (χ2v) is 12.3. The molecule has 11 nitrogen and oxygen atoms in total. The maximum atomic E-state index is 13.1. The van der Waals surface area contributed by atoms with Crippen molar-refractivity contribution in [3.8, 4) is 6.07 Å². The molecule has 1 saturated carbocycles. The van der Waals surface area contributed by atoms with Gasteiger partial charge in [-0.15, -0.1) is 0 Å². The van der Waals surface area contributed by atoms with Crippen molar-refractivity contribution in [2.45, 2.75) is 63.6 Å². The Balaban J connectivity index is 1.37. The van der Waals surface area contributed by atoms with E-state index in [1.165, 1.54) is 14.9 Å². The van der Waals surface area contributed by atoms with Crippen molar-refractivity contribution in [1.82, 2.24) is 23.1 Å². The lowest BCUT2D eigenvalue weighted by molar-refractivity contribution is 0.0266. The summed E-state index contributed by atoms with van der Waals surface area (Å²) in [5.74, 6) is 0.745. The van der Waals surface area contributed by atoms with E-state index in [1.54, 1.807) is 17.4 Å². The molecule has 3 aliphatic rings. The number of rotatable bonds is 5. The van der Waals surface area contributed by atoms with Gasteiger partial charge in [0.15, 0.2) is 0 Å². The molecule has 12 heteroatoms. The van der Waals surface area contributed by atoms with Gasteiger partial charge in [-0.05, 0) is 51.0 Å². The third-order valence-electron chi connectivity index (χ3n) is 7.55. The summed E-state index contributed by atoms with van der Waals surface area (Å²) in [5.41, 5.74) is -1.16. The van der Waals surface area contributed by atoms with Crippen molar-refractivity contribution >= 4 is 27.2 Å². The number of fused-ring (bicyclic) bond motifs is 1. The van der Waals surface area contributed by atoms with E-state index in [1.807, 2.05) is 13.0 Å². The number of piperidine rings is 1. The predicted octanol–water partition coefficient (Wildman–Crippen LogP) is 1.21. The zero-order chi connectivity index (χ0) is 25.0. The number of nitrogens with one attached hydrogen (secondary N) is 1. The third-order valence-corrected chi connectivity index (χ3v) is 9.52. The summed E-state index contributed by atoms with van der Waals surface area (Å²) in [7, 11) is -3.40. The van der Waals surface area contributed by atoms with Crippen LogP contribution in [0.1, 0.15) is 57.6 Å². The zero-order valence-corrected chi connectivity index (χ0v) is 20.8. The Morgan fingerprint density at radius 2 is 1.94 bits per heavy atom. The molecule has 2 saturated heterocycles. The standard InChI is InChI=1S/C23H31N7O4S/c1-15-13-29(14-15)35(33,34)28-8-5-18(6-9-28)26-22-25-12-17-10-16(11-24)21(31)30(20(17)27-22)19-4-3-7-23(19,2)32/h10,12,15,18-19,32H,3-9,13-14H2,1-2H3,(H,25,26,27)/t19-,23-/m1/s1. The van der Waals surface area contributed by atoms with Gasteiger partial charge in [-0.25, -0.2) is 4.98 Å². The van der Waals surface area contributed by atoms with Gasteiger partial charge in [0, 0.05) is 43.8 Å². The summed E-state index contributed by atoms with van der Waals surface area (Å²) in [5, 5.41) is 24.2. The second-order valence-electron chi connectivity index (χ2n) is 10.3. The average Bonchev–Trinajstić information content (AvgIpc) is 3.15. The summed E-state index contributed by atoms with van der Waals surface area (Å²) in [6, 6.07) is 2.95. The normalized spacial score (nSPS) is 27.1. The molecule has 0 radical (unpaired) electrons. The monoisotopic (exact) mass is 501 g/mol. The minimum Gasteiger partial charge on any atom is -0.388 e.